The van der Waals surface area contributed by atoms with Gasteiger partial charge in [-0.2, -0.15) is 4.31 Å². The summed E-state index contributed by atoms with van der Waals surface area (Å²) >= 11 is 5.36. The summed E-state index contributed by atoms with van der Waals surface area (Å²) < 4.78 is 32.1. The molecule has 9 heteroatoms. The van der Waals surface area contributed by atoms with Crippen LogP contribution in [0.5, 0.6) is 0 Å². The normalized spacial score (nSPS) is 16.9. The molecule has 1 fully saturated rings. The molecule has 0 spiro atoms. The predicted octanol–water partition coefficient (Wildman–Crippen LogP) is 2.49. The van der Waals surface area contributed by atoms with Crippen LogP contribution in [0.1, 0.15) is 17.5 Å². The van der Waals surface area contributed by atoms with Crippen LogP contribution in [0.25, 0.3) is 5.70 Å². The molecule has 0 unspecified atom stereocenters. The first-order chi connectivity index (χ1) is 14.5. The number of thiocarbonyl (C=S) groups is 1. The zero-order valence-electron chi connectivity index (χ0n) is 16.4. The Hall–Kier alpha value is -2.46. The predicted molar refractivity (Wildman–Crippen MR) is 121 cm³/mol. The van der Waals surface area contributed by atoms with Crippen molar-refractivity contribution in [3.8, 4) is 0 Å². The number of allylic oxidation sites excluding steroid dienone is 1. The van der Waals surface area contributed by atoms with Gasteiger partial charge in [0.25, 0.3) is 0 Å². The van der Waals surface area contributed by atoms with E-state index in [0.717, 1.165) is 24.1 Å². The molecule has 2 aromatic carbocycles. The van der Waals surface area contributed by atoms with Crippen molar-refractivity contribution in [1.82, 2.24) is 15.2 Å². The van der Waals surface area contributed by atoms with Gasteiger partial charge in [-0.3, -0.25) is 10.9 Å². The Bertz CT molecular complexity index is 1050. The van der Waals surface area contributed by atoms with Gasteiger partial charge in [0.05, 0.1) is 23.8 Å². The second-order valence-electron chi connectivity index (χ2n) is 7.06. The van der Waals surface area contributed by atoms with Gasteiger partial charge in [0.2, 0.25) is 10.0 Å². The summed E-state index contributed by atoms with van der Waals surface area (Å²) in [7, 11) is -3.50. The minimum absolute atomic E-state index is 0.260. The Morgan fingerprint density at radius 3 is 2.53 bits per heavy atom. The van der Waals surface area contributed by atoms with Crippen LogP contribution in [-0.2, 0) is 21.2 Å². The lowest BCUT2D eigenvalue weighted by Gasteiger charge is -2.26. The first kappa shape index (κ1) is 20.8. The Labute approximate surface area is 182 Å². The summed E-state index contributed by atoms with van der Waals surface area (Å²) in [6.07, 6.45) is 4.15. The maximum Gasteiger partial charge on any atom is 0.243 e. The second kappa shape index (κ2) is 9.13. The summed E-state index contributed by atoms with van der Waals surface area (Å²) in [5.74, 6) is 0. The number of nitrogens with one attached hydrogen (secondary N) is 3. The molecule has 0 aromatic heterocycles. The van der Waals surface area contributed by atoms with E-state index >= 15 is 0 Å². The number of ether oxygens (including phenoxy) is 1. The number of nitrogens with zero attached hydrogens (tertiary/aromatic N) is 1. The van der Waals surface area contributed by atoms with Gasteiger partial charge in [-0.05, 0) is 54.9 Å². The molecule has 2 aromatic rings. The molecule has 158 valence electrons. The van der Waals surface area contributed by atoms with E-state index in [4.69, 9.17) is 17.0 Å². The third-order valence-corrected chi connectivity index (χ3v) is 7.22. The number of benzene rings is 2. The maximum absolute atomic E-state index is 12.7. The first-order valence-corrected chi connectivity index (χ1v) is 11.7. The van der Waals surface area contributed by atoms with Gasteiger partial charge >= 0.3 is 0 Å². The number of aryl methyl sites for hydroxylation is 1. The quantitative estimate of drug-likeness (QED) is 0.483. The van der Waals surface area contributed by atoms with Crippen molar-refractivity contribution in [2.75, 3.05) is 31.6 Å². The lowest BCUT2D eigenvalue weighted by molar-refractivity contribution is 0.0730. The third kappa shape index (κ3) is 4.65. The Morgan fingerprint density at radius 2 is 1.77 bits per heavy atom. The Kier molecular flexibility index (Phi) is 6.33. The highest BCUT2D eigenvalue weighted by Crippen LogP contribution is 2.24. The molecule has 0 bridgehead atoms. The molecule has 7 nitrogen and oxygen atoms in total. The zero-order valence-corrected chi connectivity index (χ0v) is 18.1. The minimum Gasteiger partial charge on any atom is -0.379 e. The van der Waals surface area contributed by atoms with Crippen LogP contribution >= 0.6 is 12.2 Å². The molecule has 4 rings (SSSR count). The minimum atomic E-state index is -3.50. The fourth-order valence-electron chi connectivity index (χ4n) is 3.53. The van der Waals surface area contributed by atoms with Gasteiger partial charge in [0, 0.05) is 24.3 Å². The van der Waals surface area contributed by atoms with Crippen LogP contribution < -0.4 is 16.2 Å². The number of anilines is 1. The smallest absolute Gasteiger partial charge is 0.243 e. The fraction of sp³-hybridized carbons (Fsp3) is 0.286. The molecule has 3 N–H and O–H groups in total. The molecule has 1 heterocycles. The van der Waals surface area contributed by atoms with Gasteiger partial charge in [-0.15, -0.1) is 0 Å². The zero-order chi connectivity index (χ0) is 21.0. The summed E-state index contributed by atoms with van der Waals surface area (Å²) in [5.41, 5.74) is 10.3. The van der Waals surface area contributed by atoms with Crippen LogP contribution in [0.15, 0.2) is 59.5 Å². The topological polar surface area (TPSA) is 82.7 Å². The van der Waals surface area contributed by atoms with Crippen LogP contribution in [0.2, 0.25) is 0 Å². The van der Waals surface area contributed by atoms with Crippen LogP contribution in [0.4, 0.5) is 5.69 Å². The number of rotatable bonds is 5. The van der Waals surface area contributed by atoms with Crippen LogP contribution in [0, 0.1) is 0 Å². The molecule has 0 saturated carbocycles. The highest BCUT2D eigenvalue weighted by Gasteiger charge is 2.26. The van der Waals surface area contributed by atoms with E-state index < -0.39 is 10.0 Å². The average Bonchev–Trinajstić information content (AvgIpc) is 2.78. The maximum atomic E-state index is 12.7. The molecular weight excluding hydrogens is 420 g/mol. The van der Waals surface area contributed by atoms with Gasteiger partial charge in [0.1, 0.15) is 0 Å². The number of hydrazine groups is 1. The molecule has 1 aliphatic heterocycles. The van der Waals surface area contributed by atoms with Gasteiger partial charge in [-0.25, -0.2) is 8.42 Å². The number of hydrogen-bond donors (Lipinski definition) is 3. The number of morpholine rings is 1. The van der Waals surface area contributed by atoms with Crippen molar-refractivity contribution in [2.24, 2.45) is 0 Å². The van der Waals surface area contributed by atoms with Crippen LogP contribution in [0.3, 0.4) is 0 Å². The van der Waals surface area contributed by atoms with Crippen molar-refractivity contribution >= 4 is 38.7 Å². The van der Waals surface area contributed by atoms with E-state index in [1.807, 2.05) is 12.1 Å². The summed E-state index contributed by atoms with van der Waals surface area (Å²) in [6.45, 7) is 1.60. The number of hydrogen-bond acceptors (Lipinski definition) is 5. The van der Waals surface area contributed by atoms with E-state index in [1.165, 1.54) is 9.87 Å². The molecular formula is C21H24N4O3S2. The molecule has 0 atom stereocenters. The van der Waals surface area contributed by atoms with Crippen molar-refractivity contribution in [3.63, 3.8) is 0 Å². The van der Waals surface area contributed by atoms with E-state index in [1.54, 1.807) is 24.3 Å². The first-order valence-electron chi connectivity index (χ1n) is 9.83. The molecule has 30 heavy (non-hydrogen) atoms. The van der Waals surface area contributed by atoms with Crippen molar-refractivity contribution in [2.45, 2.75) is 17.7 Å². The summed E-state index contributed by atoms with van der Waals surface area (Å²) in [5, 5.41) is 3.46. The third-order valence-electron chi connectivity index (χ3n) is 5.10. The molecule has 0 amide bonds. The summed E-state index contributed by atoms with van der Waals surface area (Å²) in [6, 6.07) is 14.9. The molecule has 2 aliphatic rings. The van der Waals surface area contributed by atoms with E-state index in [-0.39, 0.29) is 4.90 Å². The van der Waals surface area contributed by atoms with Crippen molar-refractivity contribution < 1.29 is 13.2 Å². The molecule has 1 aliphatic carbocycles. The standard InChI is InChI=1S/C21H24N4O3S2/c26-30(27,25-12-14-28-15-13-25)18-10-8-17(9-11-18)22-21(29)24-23-20-7-3-5-16-4-1-2-6-19(16)20/h1-2,4,6-11,23H,3,5,12-15H2,(H2,22,24,29). The molecule has 1 saturated heterocycles. The van der Waals surface area contributed by atoms with Crippen molar-refractivity contribution in [1.29, 1.82) is 0 Å². The second-order valence-corrected chi connectivity index (χ2v) is 9.40. The molecule has 0 radical (unpaired) electrons. The van der Waals surface area contributed by atoms with E-state index in [2.05, 4.69) is 34.4 Å². The monoisotopic (exact) mass is 444 g/mol. The largest absolute Gasteiger partial charge is 0.379 e. The highest BCUT2D eigenvalue weighted by atomic mass is 32.2. The van der Waals surface area contributed by atoms with Gasteiger partial charge in [0.15, 0.2) is 5.11 Å². The van der Waals surface area contributed by atoms with Crippen LogP contribution in [-0.4, -0.2) is 44.1 Å². The van der Waals surface area contributed by atoms with E-state index in [9.17, 15) is 8.42 Å². The SMILES string of the molecule is O=S(=O)(c1ccc(NC(=S)NNC2=CCCc3ccccc32)cc1)N1CCOCC1. The van der Waals surface area contributed by atoms with Gasteiger partial charge < -0.3 is 10.1 Å². The highest BCUT2D eigenvalue weighted by molar-refractivity contribution is 7.89. The lowest BCUT2D eigenvalue weighted by Crippen LogP contribution is -2.40. The van der Waals surface area contributed by atoms with E-state index in [0.29, 0.717) is 37.1 Å². The Morgan fingerprint density at radius 1 is 1.03 bits per heavy atom. The van der Waals surface area contributed by atoms with Crippen molar-refractivity contribution in [3.05, 3.63) is 65.7 Å². The van der Waals surface area contributed by atoms with Gasteiger partial charge in [-0.1, -0.05) is 30.3 Å². The lowest BCUT2D eigenvalue weighted by atomic mass is 9.95. The Balaban J connectivity index is 1.34. The number of fused-ring (bicyclic) bond motifs is 1. The number of sulfonamides is 1. The summed E-state index contributed by atoms with van der Waals surface area (Å²) in [4.78, 5) is 0.260. The fourth-order valence-corrected chi connectivity index (χ4v) is 5.11. The average molecular weight is 445 g/mol.